The van der Waals surface area contributed by atoms with E-state index in [1.54, 1.807) is 18.7 Å². The van der Waals surface area contributed by atoms with Crippen LogP contribution < -0.4 is 4.90 Å². The monoisotopic (exact) mass is 291 g/mol. The average molecular weight is 291 g/mol. The lowest BCUT2D eigenvalue weighted by atomic mass is 9.96. The lowest BCUT2D eigenvalue weighted by Crippen LogP contribution is -2.44. The number of nitrogens with zero attached hydrogens (tertiary/aromatic N) is 5. The summed E-state index contributed by atoms with van der Waals surface area (Å²) in [6.07, 6.45) is 2.86. The number of anilines is 1. The fourth-order valence-corrected chi connectivity index (χ4v) is 2.84. The van der Waals surface area contributed by atoms with Crippen molar-refractivity contribution in [3.8, 4) is 0 Å². The van der Waals surface area contributed by atoms with Gasteiger partial charge < -0.3 is 14.4 Å². The molecule has 0 aliphatic carbocycles. The Morgan fingerprint density at radius 2 is 2.24 bits per heavy atom. The van der Waals surface area contributed by atoms with Crippen molar-refractivity contribution in [2.24, 2.45) is 5.92 Å². The number of ether oxygens (including phenoxy) is 2. The van der Waals surface area contributed by atoms with Crippen molar-refractivity contribution in [1.82, 2.24) is 19.6 Å². The maximum atomic E-state index is 5.60. The standard InChI is InChI=1S/C14H21N5O2/c1-10-4-5-18(7-12(10)21-3)13-6-11(8-20-2)17-14-15-9-16-19(13)14/h6,9-10,12H,4-5,7-8H2,1-3H3. The highest BCUT2D eigenvalue weighted by molar-refractivity contribution is 5.47. The Bertz CT molecular complexity index is 614. The van der Waals surface area contributed by atoms with Crippen molar-refractivity contribution in [3.63, 3.8) is 0 Å². The fraction of sp³-hybridized carbons (Fsp3) is 0.643. The van der Waals surface area contributed by atoms with E-state index in [4.69, 9.17) is 9.47 Å². The van der Waals surface area contributed by atoms with Gasteiger partial charge in [-0.1, -0.05) is 6.92 Å². The summed E-state index contributed by atoms with van der Waals surface area (Å²) in [5.41, 5.74) is 0.862. The molecule has 1 fully saturated rings. The summed E-state index contributed by atoms with van der Waals surface area (Å²) in [5.74, 6) is 2.17. The number of rotatable bonds is 4. The Kier molecular flexibility index (Phi) is 4.03. The van der Waals surface area contributed by atoms with Crippen molar-refractivity contribution in [2.75, 3.05) is 32.2 Å². The number of fused-ring (bicyclic) bond motifs is 1. The lowest BCUT2D eigenvalue weighted by Gasteiger charge is -2.37. The summed E-state index contributed by atoms with van der Waals surface area (Å²) >= 11 is 0. The minimum Gasteiger partial charge on any atom is -0.379 e. The van der Waals surface area contributed by atoms with E-state index in [-0.39, 0.29) is 6.10 Å². The van der Waals surface area contributed by atoms with Gasteiger partial charge in [-0.05, 0) is 12.3 Å². The zero-order valence-corrected chi connectivity index (χ0v) is 12.7. The molecule has 0 N–H and O–H groups in total. The van der Waals surface area contributed by atoms with Crippen molar-refractivity contribution < 1.29 is 9.47 Å². The number of hydrogen-bond donors (Lipinski definition) is 0. The molecule has 1 aliphatic rings. The first kappa shape index (κ1) is 14.2. The molecular weight excluding hydrogens is 270 g/mol. The van der Waals surface area contributed by atoms with E-state index in [9.17, 15) is 0 Å². The minimum absolute atomic E-state index is 0.233. The van der Waals surface area contributed by atoms with Crippen molar-refractivity contribution in [2.45, 2.75) is 26.1 Å². The van der Waals surface area contributed by atoms with Crippen LogP contribution in [0.5, 0.6) is 0 Å². The van der Waals surface area contributed by atoms with Crippen LogP contribution in [0.3, 0.4) is 0 Å². The van der Waals surface area contributed by atoms with Gasteiger partial charge in [-0.25, -0.2) is 4.98 Å². The summed E-state index contributed by atoms with van der Waals surface area (Å²) in [6.45, 7) is 4.53. The van der Waals surface area contributed by atoms with E-state index in [0.717, 1.165) is 31.0 Å². The molecule has 7 heteroatoms. The van der Waals surface area contributed by atoms with Crippen LogP contribution in [0, 0.1) is 5.92 Å². The SMILES string of the molecule is COCc1cc(N2CCC(C)C(OC)C2)n2ncnc2n1. The van der Waals surface area contributed by atoms with Gasteiger partial charge in [0.15, 0.2) is 0 Å². The third-order valence-corrected chi connectivity index (χ3v) is 4.09. The predicted molar refractivity (Wildman–Crippen MR) is 78.3 cm³/mol. The van der Waals surface area contributed by atoms with Gasteiger partial charge in [0.1, 0.15) is 12.1 Å². The van der Waals surface area contributed by atoms with Crippen molar-refractivity contribution in [3.05, 3.63) is 18.1 Å². The second kappa shape index (κ2) is 5.95. The molecule has 21 heavy (non-hydrogen) atoms. The molecule has 2 aromatic rings. The quantitative estimate of drug-likeness (QED) is 0.841. The van der Waals surface area contributed by atoms with Gasteiger partial charge in [0.05, 0.1) is 18.4 Å². The Balaban J connectivity index is 1.96. The van der Waals surface area contributed by atoms with Crippen LogP contribution in [-0.4, -0.2) is 53.0 Å². The maximum absolute atomic E-state index is 5.60. The molecule has 0 amide bonds. The Labute approximate surface area is 123 Å². The van der Waals surface area contributed by atoms with Gasteiger partial charge in [0, 0.05) is 33.4 Å². The summed E-state index contributed by atoms with van der Waals surface area (Å²) in [5, 5.41) is 4.28. The smallest absolute Gasteiger partial charge is 0.254 e. The fourth-order valence-electron chi connectivity index (χ4n) is 2.84. The number of methoxy groups -OCH3 is 2. The van der Waals surface area contributed by atoms with Crippen molar-refractivity contribution >= 4 is 11.6 Å². The average Bonchev–Trinajstić information content (AvgIpc) is 2.96. The van der Waals surface area contributed by atoms with Crippen LogP contribution in [-0.2, 0) is 16.1 Å². The van der Waals surface area contributed by atoms with E-state index >= 15 is 0 Å². The second-order valence-electron chi connectivity index (χ2n) is 5.50. The lowest BCUT2D eigenvalue weighted by molar-refractivity contribution is 0.0495. The Morgan fingerprint density at radius 3 is 3.00 bits per heavy atom. The Hall–Kier alpha value is -1.73. The van der Waals surface area contributed by atoms with E-state index in [0.29, 0.717) is 18.3 Å². The zero-order valence-electron chi connectivity index (χ0n) is 12.7. The second-order valence-corrected chi connectivity index (χ2v) is 5.50. The van der Waals surface area contributed by atoms with Crippen LogP contribution in [0.2, 0.25) is 0 Å². The van der Waals surface area contributed by atoms with Gasteiger partial charge in [0.2, 0.25) is 0 Å². The summed E-state index contributed by atoms with van der Waals surface area (Å²) < 4.78 is 12.6. The predicted octanol–water partition coefficient (Wildman–Crippen LogP) is 1.13. The van der Waals surface area contributed by atoms with Crippen LogP contribution in [0.15, 0.2) is 12.4 Å². The largest absolute Gasteiger partial charge is 0.379 e. The van der Waals surface area contributed by atoms with Gasteiger partial charge in [-0.2, -0.15) is 14.6 Å². The normalized spacial score (nSPS) is 22.9. The summed E-state index contributed by atoms with van der Waals surface area (Å²) in [4.78, 5) is 10.9. The molecule has 2 atom stereocenters. The van der Waals surface area contributed by atoms with Gasteiger partial charge in [-0.3, -0.25) is 0 Å². The molecule has 0 aromatic carbocycles. The molecule has 1 saturated heterocycles. The number of aromatic nitrogens is 4. The highest BCUT2D eigenvalue weighted by Crippen LogP contribution is 2.25. The minimum atomic E-state index is 0.233. The first-order chi connectivity index (χ1) is 10.2. The molecular formula is C14H21N5O2. The van der Waals surface area contributed by atoms with Gasteiger partial charge in [0.25, 0.3) is 5.78 Å². The van der Waals surface area contributed by atoms with E-state index in [1.807, 2.05) is 6.07 Å². The molecule has 1 aliphatic heterocycles. The van der Waals surface area contributed by atoms with Crippen LogP contribution in [0.1, 0.15) is 19.0 Å². The molecule has 0 bridgehead atoms. The maximum Gasteiger partial charge on any atom is 0.254 e. The summed E-state index contributed by atoms with van der Waals surface area (Å²) in [7, 11) is 3.44. The summed E-state index contributed by atoms with van der Waals surface area (Å²) in [6, 6.07) is 2.02. The molecule has 3 heterocycles. The van der Waals surface area contributed by atoms with Gasteiger partial charge in [-0.15, -0.1) is 0 Å². The topological polar surface area (TPSA) is 64.8 Å². The Morgan fingerprint density at radius 1 is 1.38 bits per heavy atom. The molecule has 0 radical (unpaired) electrons. The van der Waals surface area contributed by atoms with Crippen molar-refractivity contribution in [1.29, 1.82) is 0 Å². The third-order valence-electron chi connectivity index (χ3n) is 4.09. The molecule has 114 valence electrons. The highest BCUT2D eigenvalue weighted by Gasteiger charge is 2.27. The third kappa shape index (κ3) is 2.71. The molecule has 7 nitrogen and oxygen atoms in total. The molecule has 2 aromatic heterocycles. The molecule has 3 rings (SSSR count). The van der Waals surface area contributed by atoms with Crippen LogP contribution in [0.25, 0.3) is 5.78 Å². The van der Waals surface area contributed by atoms with Gasteiger partial charge >= 0.3 is 0 Å². The molecule has 0 saturated carbocycles. The first-order valence-corrected chi connectivity index (χ1v) is 7.19. The zero-order chi connectivity index (χ0) is 14.8. The highest BCUT2D eigenvalue weighted by atomic mass is 16.5. The number of hydrogen-bond acceptors (Lipinski definition) is 6. The number of piperidine rings is 1. The van der Waals surface area contributed by atoms with Crippen LogP contribution >= 0.6 is 0 Å². The van der Waals surface area contributed by atoms with Crippen LogP contribution in [0.4, 0.5) is 5.82 Å². The van der Waals surface area contributed by atoms with E-state index in [2.05, 4.69) is 26.9 Å². The molecule has 2 unspecified atom stereocenters. The van der Waals surface area contributed by atoms with E-state index in [1.165, 1.54) is 6.33 Å². The first-order valence-electron chi connectivity index (χ1n) is 7.19. The molecule has 0 spiro atoms. The van der Waals surface area contributed by atoms with E-state index < -0.39 is 0 Å².